The molecule has 0 fully saturated rings. The maximum Gasteiger partial charge on any atom is 0.247 e. The van der Waals surface area contributed by atoms with Crippen LogP contribution in [0.25, 0.3) is 11.4 Å². The maximum atomic E-state index is 15.1. The summed E-state index contributed by atoms with van der Waals surface area (Å²) < 4.78 is 40.3. The van der Waals surface area contributed by atoms with Crippen LogP contribution in [-0.4, -0.2) is 40.5 Å². The fourth-order valence-electron chi connectivity index (χ4n) is 4.17. The average Bonchev–Trinajstić information content (AvgIpc) is 3.34. The number of methoxy groups -OCH3 is 2. The zero-order valence-electron chi connectivity index (χ0n) is 17.7. The predicted octanol–water partition coefficient (Wildman–Crippen LogP) is 3.88. The molecule has 10 heteroatoms. The summed E-state index contributed by atoms with van der Waals surface area (Å²) in [4.78, 5) is 11.7. The van der Waals surface area contributed by atoms with Crippen molar-refractivity contribution < 1.29 is 23.0 Å². The van der Waals surface area contributed by atoms with E-state index in [2.05, 4.69) is 32.3 Å². The van der Waals surface area contributed by atoms with Gasteiger partial charge in [-0.25, -0.2) is 8.78 Å². The third-order valence-electron chi connectivity index (χ3n) is 5.72. The summed E-state index contributed by atoms with van der Waals surface area (Å²) in [5, 5.41) is 17.0. The molecule has 1 aliphatic rings. The number of benzene rings is 1. The minimum atomic E-state index is -0.720. The summed E-state index contributed by atoms with van der Waals surface area (Å²) in [5.74, 6) is -2.37. The smallest absolute Gasteiger partial charge is 0.247 e. The van der Waals surface area contributed by atoms with Gasteiger partial charge in [-0.05, 0) is 37.7 Å². The van der Waals surface area contributed by atoms with Crippen LogP contribution < -0.4 is 14.8 Å². The number of anilines is 1. The zero-order valence-corrected chi connectivity index (χ0v) is 17.7. The normalized spacial score (nSPS) is 15.6. The lowest BCUT2D eigenvalue weighted by atomic mass is 9.90. The van der Waals surface area contributed by atoms with Gasteiger partial charge in [0.05, 0.1) is 26.1 Å². The van der Waals surface area contributed by atoms with Crippen LogP contribution in [0.3, 0.4) is 0 Å². The molecule has 1 atom stereocenters. The van der Waals surface area contributed by atoms with Crippen LogP contribution in [0.1, 0.15) is 35.6 Å². The van der Waals surface area contributed by atoms with Gasteiger partial charge >= 0.3 is 0 Å². The molecule has 8 nitrogen and oxygen atoms in total. The Hall–Kier alpha value is -3.69. The van der Waals surface area contributed by atoms with Gasteiger partial charge in [0.2, 0.25) is 5.91 Å². The van der Waals surface area contributed by atoms with Crippen LogP contribution in [0.5, 0.6) is 11.5 Å². The molecule has 1 amide bonds. The van der Waals surface area contributed by atoms with Crippen LogP contribution in [0.15, 0.2) is 24.9 Å². The first-order valence-electron chi connectivity index (χ1n) is 10.1. The number of ether oxygens (including phenoxy) is 2. The molecule has 0 bridgehead atoms. The van der Waals surface area contributed by atoms with Crippen molar-refractivity contribution in [3.8, 4) is 22.9 Å². The Morgan fingerprint density at radius 3 is 2.62 bits per heavy atom. The molecule has 32 heavy (non-hydrogen) atoms. The van der Waals surface area contributed by atoms with Crippen LogP contribution in [0.2, 0.25) is 0 Å². The number of aromatic amines is 2. The summed E-state index contributed by atoms with van der Waals surface area (Å²) in [5.41, 5.74) is 3.28. The number of hydrogen-bond acceptors (Lipinski definition) is 5. The van der Waals surface area contributed by atoms with Crippen molar-refractivity contribution in [2.24, 2.45) is 0 Å². The summed E-state index contributed by atoms with van der Waals surface area (Å²) in [6.07, 6.45) is 4.91. The quantitative estimate of drug-likeness (QED) is 0.396. The molecule has 0 spiro atoms. The van der Waals surface area contributed by atoms with Gasteiger partial charge in [-0.15, -0.1) is 0 Å². The third-order valence-corrected chi connectivity index (χ3v) is 5.72. The molecule has 3 N–H and O–H groups in total. The van der Waals surface area contributed by atoms with E-state index in [-0.39, 0.29) is 23.0 Å². The molecular weight excluding hydrogens is 420 g/mol. The lowest BCUT2D eigenvalue weighted by molar-refractivity contribution is -0.111. The van der Waals surface area contributed by atoms with Gasteiger partial charge in [0.25, 0.3) is 0 Å². The second-order valence-electron chi connectivity index (χ2n) is 7.50. The van der Waals surface area contributed by atoms with E-state index in [0.29, 0.717) is 42.8 Å². The standard InChI is InChI=1S/C22H23F2N5O3/c1-4-17(30)26-14-10-25-28-22(14)21-12-7-5-6-11(8-13(12)27-29-21)18-19(23)15(31-2)9-16(32-3)20(18)24/h4,9-11H,1,5-8H2,2-3H3,(H,25,28)(H,26,30)(H,27,29)/t11-/m1/s1. The second kappa shape index (κ2) is 8.81. The third kappa shape index (κ3) is 3.72. The summed E-state index contributed by atoms with van der Waals surface area (Å²) in [7, 11) is 2.66. The molecule has 0 saturated heterocycles. The topological polar surface area (TPSA) is 105 Å². The number of hydrogen-bond donors (Lipinski definition) is 3. The number of aromatic nitrogens is 4. The van der Waals surface area contributed by atoms with Crippen molar-refractivity contribution in [1.29, 1.82) is 0 Å². The molecule has 3 aromatic rings. The van der Waals surface area contributed by atoms with Crippen molar-refractivity contribution in [2.75, 3.05) is 19.5 Å². The molecule has 0 radical (unpaired) electrons. The highest BCUT2D eigenvalue weighted by molar-refractivity contribution is 6.01. The molecule has 0 saturated carbocycles. The molecule has 2 heterocycles. The van der Waals surface area contributed by atoms with Gasteiger partial charge in [0, 0.05) is 22.9 Å². The molecule has 4 rings (SSSR count). The van der Waals surface area contributed by atoms with Gasteiger partial charge in [-0.2, -0.15) is 10.2 Å². The predicted molar refractivity (Wildman–Crippen MR) is 114 cm³/mol. The Labute approximate surface area is 183 Å². The highest BCUT2D eigenvalue weighted by Gasteiger charge is 2.31. The maximum absolute atomic E-state index is 15.1. The zero-order chi connectivity index (χ0) is 22.8. The molecule has 1 aliphatic carbocycles. The van der Waals surface area contributed by atoms with E-state index in [1.54, 1.807) is 0 Å². The van der Waals surface area contributed by atoms with Crippen molar-refractivity contribution in [2.45, 2.75) is 31.6 Å². The van der Waals surface area contributed by atoms with E-state index >= 15 is 8.78 Å². The number of carbonyl (C=O) groups excluding carboxylic acids is 1. The average molecular weight is 443 g/mol. The molecule has 0 unspecified atom stereocenters. The van der Waals surface area contributed by atoms with Crippen molar-refractivity contribution >= 4 is 11.6 Å². The highest BCUT2D eigenvalue weighted by atomic mass is 19.1. The minimum absolute atomic E-state index is 0.0503. The Balaban J connectivity index is 1.71. The first-order chi connectivity index (χ1) is 15.5. The van der Waals surface area contributed by atoms with Gasteiger partial charge in [0.15, 0.2) is 23.1 Å². The lowest BCUT2D eigenvalue weighted by Gasteiger charge is -2.19. The number of rotatable bonds is 6. The fraction of sp³-hybridized carbons (Fsp3) is 0.318. The Bertz CT molecular complexity index is 1140. The van der Waals surface area contributed by atoms with Crippen LogP contribution >= 0.6 is 0 Å². The van der Waals surface area contributed by atoms with E-state index in [9.17, 15) is 4.79 Å². The van der Waals surface area contributed by atoms with Crippen LogP contribution in [0.4, 0.5) is 14.5 Å². The van der Waals surface area contributed by atoms with Gasteiger partial charge in [-0.1, -0.05) is 6.58 Å². The first-order valence-corrected chi connectivity index (χ1v) is 10.1. The summed E-state index contributed by atoms with van der Waals surface area (Å²) in [6.45, 7) is 3.45. The van der Waals surface area contributed by atoms with Crippen molar-refractivity contribution in [1.82, 2.24) is 20.4 Å². The number of halogens is 2. The van der Waals surface area contributed by atoms with Gasteiger partial charge < -0.3 is 14.8 Å². The lowest BCUT2D eigenvalue weighted by Crippen LogP contribution is -2.10. The van der Waals surface area contributed by atoms with E-state index in [0.717, 1.165) is 17.3 Å². The Morgan fingerprint density at radius 1 is 1.25 bits per heavy atom. The van der Waals surface area contributed by atoms with E-state index in [1.165, 1.54) is 26.5 Å². The largest absolute Gasteiger partial charge is 0.494 e. The number of nitrogens with one attached hydrogen (secondary N) is 3. The van der Waals surface area contributed by atoms with Crippen LogP contribution in [0, 0.1) is 11.6 Å². The van der Waals surface area contributed by atoms with Gasteiger partial charge in [-0.3, -0.25) is 15.0 Å². The number of fused-ring (bicyclic) bond motifs is 1. The SMILES string of the molecule is C=CC(=O)Nc1cn[nH]c1-c1n[nH]c2c1CCC[C@@H](c1c(F)c(OC)cc(OC)c1F)C2. The van der Waals surface area contributed by atoms with E-state index in [1.807, 2.05) is 0 Å². The highest BCUT2D eigenvalue weighted by Crippen LogP contribution is 2.41. The minimum Gasteiger partial charge on any atom is -0.494 e. The molecule has 1 aromatic carbocycles. The molecule has 2 aromatic heterocycles. The monoisotopic (exact) mass is 443 g/mol. The number of amides is 1. The van der Waals surface area contributed by atoms with Gasteiger partial charge in [0.1, 0.15) is 11.4 Å². The number of carbonyl (C=O) groups is 1. The van der Waals surface area contributed by atoms with Crippen molar-refractivity contribution in [3.63, 3.8) is 0 Å². The van der Waals surface area contributed by atoms with E-state index in [4.69, 9.17) is 9.47 Å². The Kier molecular flexibility index (Phi) is 5.93. The molecular formula is C22H23F2N5O3. The van der Waals surface area contributed by atoms with Crippen molar-refractivity contribution in [3.05, 3.63) is 53.4 Å². The number of H-pyrrole nitrogens is 2. The first kappa shape index (κ1) is 21.5. The Morgan fingerprint density at radius 2 is 1.97 bits per heavy atom. The molecule has 168 valence electrons. The second-order valence-corrected chi connectivity index (χ2v) is 7.50. The molecule has 0 aliphatic heterocycles. The summed E-state index contributed by atoms with van der Waals surface area (Å²) in [6, 6.07) is 1.21. The fourth-order valence-corrected chi connectivity index (χ4v) is 4.17. The summed E-state index contributed by atoms with van der Waals surface area (Å²) >= 11 is 0. The van der Waals surface area contributed by atoms with Crippen LogP contribution in [-0.2, 0) is 17.6 Å². The van der Waals surface area contributed by atoms with E-state index < -0.39 is 17.6 Å². The number of nitrogens with zero attached hydrogens (tertiary/aromatic N) is 2.